The first kappa shape index (κ1) is 14.7. The monoisotopic (exact) mass is 302 g/mol. The van der Waals surface area contributed by atoms with E-state index >= 15 is 0 Å². The molecule has 0 amide bonds. The van der Waals surface area contributed by atoms with E-state index in [2.05, 4.69) is 25.6 Å². The van der Waals surface area contributed by atoms with E-state index in [1.807, 2.05) is 0 Å². The molecular formula is C10H9F3N6O2. The van der Waals surface area contributed by atoms with Crippen molar-refractivity contribution >= 4 is 11.9 Å². The standard InChI is InChI=1S/C10H9F3N6O2/c11-10(12,13)7-1-2-14-9(16-7)15-3-4-19-5-6(8(20)21)17-18-19/h1-2,5H,3-4H2,(H,20,21)(H,14,15,16). The fraction of sp³-hybridized carbons (Fsp3) is 0.300. The molecule has 0 unspecified atom stereocenters. The van der Waals surface area contributed by atoms with E-state index in [4.69, 9.17) is 5.11 Å². The quantitative estimate of drug-likeness (QED) is 0.845. The summed E-state index contributed by atoms with van der Waals surface area (Å²) in [4.78, 5) is 17.6. The van der Waals surface area contributed by atoms with E-state index in [0.29, 0.717) is 0 Å². The summed E-state index contributed by atoms with van der Waals surface area (Å²) >= 11 is 0. The van der Waals surface area contributed by atoms with E-state index in [1.165, 1.54) is 10.9 Å². The number of hydrogen-bond donors (Lipinski definition) is 2. The predicted molar refractivity (Wildman–Crippen MR) is 62.5 cm³/mol. The minimum Gasteiger partial charge on any atom is -0.476 e. The van der Waals surface area contributed by atoms with Crippen molar-refractivity contribution in [2.24, 2.45) is 0 Å². The zero-order valence-electron chi connectivity index (χ0n) is 10.4. The van der Waals surface area contributed by atoms with Crippen LogP contribution in [0.25, 0.3) is 0 Å². The van der Waals surface area contributed by atoms with Gasteiger partial charge in [-0.25, -0.2) is 19.4 Å². The highest BCUT2D eigenvalue weighted by atomic mass is 19.4. The molecule has 0 aliphatic carbocycles. The second-order valence-corrected chi connectivity index (χ2v) is 3.86. The van der Waals surface area contributed by atoms with Crippen LogP contribution in [-0.4, -0.2) is 42.6 Å². The number of alkyl halides is 3. The fourth-order valence-corrected chi connectivity index (χ4v) is 1.39. The van der Waals surface area contributed by atoms with Crippen LogP contribution in [0.3, 0.4) is 0 Å². The number of nitrogens with one attached hydrogen (secondary N) is 1. The molecule has 21 heavy (non-hydrogen) atoms. The Bertz CT molecular complexity index is 642. The number of carboxylic acid groups (broad SMARTS) is 1. The fourth-order valence-electron chi connectivity index (χ4n) is 1.39. The Morgan fingerprint density at radius 3 is 2.81 bits per heavy atom. The number of aromatic nitrogens is 5. The maximum absolute atomic E-state index is 12.4. The second-order valence-electron chi connectivity index (χ2n) is 3.86. The maximum Gasteiger partial charge on any atom is 0.433 e. The molecule has 11 heteroatoms. The minimum atomic E-state index is -4.54. The summed E-state index contributed by atoms with van der Waals surface area (Å²) in [6, 6.07) is 0.766. The van der Waals surface area contributed by atoms with Crippen molar-refractivity contribution in [3.63, 3.8) is 0 Å². The lowest BCUT2D eigenvalue weighted by Crippen LogP contribution is -2.15. The van der Waals surface area contributed by atoms with Gasteiger partial charge >= 0.3 is 12.1 Å². The van der Waals surface area contributed by atoms with Gasteiger partial charge in [0.1, 0.15) is 5.69 Å². The molecule has 0 aliphatic rings. The maximum atomic E-state index is 12.4. The largest absolute Gasteiger partial charge is 0.476 e. The highest BCUT2D eigenvalue weighted by Gasteiger charge is 2.32. The van der Waals surface area contributed by atoms with Crippen LogP contribution in [0.4, 0.5) is 19.1 Å². The van der Waals surface area contributed by atoms with Crippen LogP contribution in [-0.2, 0) is 12.7 Å². The number of halogens is 3. The number of carboxylic acids is 1. The number of carbonyl (C=O) groups is 1. The Labute approximate surface area is 115 Å². The molecule has 2 aromatic heterocycles. The van der Waals surface area contributed by atoms with Crippen LogP contribution in [0.2, 0.25) is 0 Å². The average molecular weight is 302 g/mol. The van der Waals surface area contributed by atoms with Gasteiger partial charge < -0.3 is 10.4 Å². The van der Waals surface area contributed by atoms with E-state index in [1.54, 1.807) is 0 Å². The molecule has 0 bridgehead atoms. The van der Waals surface area contributed by atoms with Gasteiger partial charge in [-0.3, -0.25) is 0 Å². The first-order valence-corrected chi connectivity index (χ1v) is 5.64. The molecule has 0 aromatic carbocycles. The third-order valence-electron chi connectivity index (χ3n) is 2.33. The van der Waals surface area contributed by atoms with Gasteiger partial charge in [0, 0.05) is 12.7 Å². The van der Waals surface area contributed by atoms with E-state index in [9.17, 15) is 18.0 Å². The summed E-state index contributed by atoms with van der Waals surface area (Å²) < 4.78 is 38.6. The Kier molecular flexibility index (Phi) is 4.00. The smallest absolute Gasteiger partial charge is 0.433 e. The Morgan fingerprint density at radius 2 is 2.19 bits per heavy atom. The van der Waals surface area contributed by atoms with E-state index < -0.39 is 17.8 Å². The van der Waals surface area contributed by atoms with Gasteiger partial charge in [0.15, 0.2) is 5.69 Å². The Balaban J connectivity index is 1.92. The van der Waals surface area contributed by atoms with Gasteiger partial charge in [0.05, 0.1) is 12.7 Å². The molecule has 0 aliphatic heterocycles. The molecular weight excluding hydrogens is 293 g/mol. The highest BCUT2D eigenvalue weighted by Crippen LogP contribution is 2.27. The lowest BCUT2D eigenvalue weighted by molar-refractivity contribution is -0.141. The van der Waals surface area contributed by atoms with Gasteiger partial charge in [0.2, 0.25) is 5.95 Å². The lowest BCUT2D eigenvalue weighted by atomic mass is 10.4. The van der Waals surface area contributed by atoms with Crippen LogP contribution >= 0.6 is 0 Å². The van der Waals surface area contributed by atoms with Crippen LogP contribution in [0.5, 0.6) is 0 Å². The first-order valence-electron chi connectivity index (χ1n) is 5.64. The zero-order chi connectivity index (χ0) is 15.5. The third kappa shape index (κ3) is 3.87. The van der Waals surface area contributed by atoms with E-state index in [0.717, 1.165) is 12.3 Å². The summed E-state index contributed by atoms with van der Waals surface area (Å²) in [7, 11) is 0. The number of rotatable bonds is 5. The molecule has 0 radical (unpaired) electrons. The number of nitrogens with zero attached hydrogens (tertiary/aromatic N) is 5. The molecule has 0 atom stereocenters. The van der Waals surface area contributed by atoms with Crippen LogP contribution in [0, 0.1) is 0 Å². The van der Waals surface area contributed by atoms with Crippen molar-refractivity contribution in [3.05, 3.63) is 29.8 Å². The molecule has 2 aromatic rings. The van der Waals surface area contributed by atoms with Crippen molar-refractivity contribution in [3.8, 4) is 0 Å². The Hall–Kier alpha value is -2.72. The summed E-state index contributed by atoms with van der Waals surface area (Å²) in [5.41, 5.74) is -1.26. The van der Waals surface area contributed by atoms with E-state index in [-0.39, 0.29) is 24.7 Å². The summed E-state index contributed by atoms with van der Waals surface area (Å²) in [6.45, 7) is 0.351. The summed E-state index contributed by atoms with van der Waals surface area (Å²) in [5.74, 6) is -1.39. The van der Waals surface area contributed by atoms with Crippen LogP contribution in [0.15, 0.2) is 18.5 Å². The molecule has 0 saturated heterocycles. The highest BCUT2D eigenvalue weighted by molar-refractivity contribution is 5.84. The molecule has 0 spiro atoms. The molecule has 8 nitrogen and oxygen atoms in total. The zero-order valence-corrected chi connectivity index (χ0v) is 10.4. The topological polar surface area (TPSA) is 106 Å². The van der Waals surface area contributed by atoms with Gasteiger partial charge in [-0.05, 0) is 6.07 Å². The molecule has 2 heterocycles. The average Bonchev–Trinajstić information content (AvgIpc) is 2.87. The summed E-state index contributed by atoms with van der Waals surface area (Å²) in [6.07, 6.45) is -2.34. The molecule has 112 valence electrons. The number of anilines is 1. The molecule has 2 N–H and O–H groups in total. The summed E-state index contributed by atoms with van der Waals surface area (Å²) in [5, 5.41) is 18.2. The van der Waals surface area contributed by atoms with Crippen molar-refractivity contribution < 1.29 is 23.1 Å². The van der Waals surface area contributed by atoms with Gasteiger partial charge in [-0.15, -0.1) is 5.10 Å². The molecule has 0 fully saturated rings. The van der Waals surface area contributed by atoms with Gasteiger partial charge in [0.25, 0.3) is 0 Å². The minimum absolute atomic E-state index is 0.156. The van der Waals surface area contributed by atoms with Crippen molar-refractivity contribution in [1.29, 1.82) is 0 Å². The third-order valence-corrected chi connectivity index (χ3v) is 2.33. The van der Waals surface area contributed by atoms with Crippen LogP contribution < -0.4 is 5.32 Å². The normalized spacial score (nSPS) is 11.4. The second kappa shape index (κ2) is 5.73. The van der Waals surface area contributed by atoms with Crippen LogP contribution in [0.1, 0.15) is 16.2 Å². The number of hydrogen-bond acceptors (Lipinski definition) is 6. The number of aromatic carboxylic acids is 1. The molecule has 2 rings (SSSR count). The van der Waals surface area contributed by atoms with Gasteiger partial charge in [-0.1, -0.05) is 5.21 Å². The first-order chi connectivity index (χ1) is 9.86. The SMILES string of the molecule is O=C(O)c1cn(CCNc2nccc(C(F)(F)F)n2)nn1. The molecule has 0 saturated carbocycles. The Morgan fingerprint density at radius 1 is 1.43 bits per heavy atom. The lowest BCUT2D eigenvalue weighted by Gasteiger charge is -2.08. The van der Waals surface area contributed by atoms with Crippen molar-refractivity contribution in [2.75, 3.05) is 11.9 Å². The van der Waals surface area contributed by atoms with Gasteiger partial charge in [-0.2, -0.15) is 13.2 Å². The van der Waals surface area contributed by atoms with Crippen molar-refractivity contribution in [2.45, 2.75) is 12.7 Å². The van der Waals surface area contributed by atoms with Crippen molar-refractivity contribution in [1.82, 2.24) is 25.0 Å². The predicted octanol–water partition coefficient (Wildman–Crippen LogP) is 0.897.